The molecular weight excluding hydrogens is 499 g/mol. The molecule has 0 spiro atoms. The molecule has 1 saturated heterocycles. The molecule has 0 amide bonds. The molecule has 2 aliphatic heterocycles. The molecule has 0 aliphatic carbocycles. The van der Waals surface area contributed by atoms with Crippen LogP contribution in [0.4, 0.5) is 0 Å². The maximum absolute atomic E-state index is 4.94. The van der Waals surface area contributed by atoms with Crippen molar-refractivity contribution in [3.63, 3.8) is 0 Å². The zero-order valence-electron chi connectivity index (χ0n) is 18.8. The molecule has 170 valence electrons. The third-order valence-electron chi connectivity index (χ3n) is 6.29. The summed E-state index contributed by atoms with van der Waals surface area (Å²) in [5.74, 6) is 4.12. The van der Waals surface area contributed by atoms with Gasteiger partial charge in [-0.15, -0.1) is 34.2 Å². The summed E-state index contributed by atoms with van der Waals surface area (Å²) in [6.07, 6.45) is 9.27. The van der Waals surface area contributed by atoms with Gasteiger partial charge in [-0.25, -0.2) is 0 Å². The van der Waals surface area contributed by atoms with Crippen molar-refractivity contribution in [3.05, 3.63) is 47.5 Å². The van der Waals surface area contributed by atoms with Crippen LogP contribution in [0.5, 0.6) is 0 Å². The Morgan fingerprint density at radius 2 is 2.00 bits per heavy atom. The van der Waals surface area contributed by atoms with Crippen molar-refractivity contribution < 1.29 is 0 Å². The average molecular weight is 537 g/mol. The van der Waals surface area contributed by atoms with E-state index in [1.165, 1.54) is 37.1 Å². The first-order valence-electron chi connectivity index (χ1n) is 11.8. The van der Waals surface area contributed by atoms with E-state index in [9.17, 15) is 0 Å². The molecule has 1 N–H and O–H groups in total. The van der Waals surface area contributed by atoms with Gasteiger partial charge in [-0.2, -0.15) is 0 Å². The SMILES string of the molecule is CCNC(=NCCCc1nnc2n1CCCCC2)N1CCC(Cc2ccccc2)C1.I. The number of rotatable bonds is 7. The van der Waals surface area contributed by atoms with Crippen molar-refractivity contribution in [3.8, 4) is 0 Å². The van der Waals surface area contributed by atoms with Gasteiger partial charge in [0.2, 0.25) is 0 Å². The molecule has 2 aromatic rings. The number of aliphatic imine (C=N–C) groups is 1. The summed E-state index contributed by atoms with van der Waals surface area (Å²) in [4.78, 5) is 7.39. The van der Waals surface area contributed by atoms with E-state index < -0.39 is 0 Å². The molecule has 2 aliphatic rings. The van der Waals surface area contributed by atoms with Crippen molar-refractivity contribution >= 4 is 29.9 Å². The van der Waals surface area contributed by atoms with E-state index in [2.05, 4.69) is 62.2 Å². The van der Waals surface area contributed by atoms with E-state index in [4.69, 9.17) is 4.99 Å². The molecule has 1 aromatic heterocycles. The number of fused-ring (bicyclic) bond motifs is 1. The number of nitrogens with zero attached hydrogens (tertiary/aromatic N) is 5. The molecule has 0 bridgehead atoms. The summed E-state index contributed by atoms with van der Waals surface area (Å²) >= 11 is 0. The van der Waals surface area contributed by atoms with Gasteiger partial charge in [0.05, 0.1) is 0 Å². The van der Waals surface area contributed by atoms with Crippen molar-refractivity contribution in [2.75, 3.05) is 26.2 Å². The Balaban J connectivity index is 0.00000272. The van der Waals surface area contributed by atoms with E-state index in [0.29, 0.717) is 5.92 Å². The molecule has 0 saturated carbocycles. The smallest absolute Gasteiger partial charge is 0.193 e. The fraction of sp³-hybridized carbons (Fsp3) is 0.625. The number of aromatic nitrogens is 3. The van der Waals surface area contributed by atoms with Crippen LogP contribution in [0.1, 0.15) is 56.2 Å². The topological polar surface area (TPSA) is 58.3 Å². The maximum atomic E-state index is 4.94. The highest BCUT2D eigenvalue weighted by Gasteiger charge is 2.25. The Bertz CT molecular complexity index is 819. The molecule has 1 aromatic carbocycles. The predicted molar refractivity (Wildman–Crippen MR) is 137 cm³/mol. The number of guanidine groups is 1. The van der Waals surface area contributed by atoms with Crippen LogP contribution in [-0.4, -0.2) is 51.8 Å². The zero-order chi connectivity index (χ0) is 20.6. The van der Waals surface area contributed by atoms with Crippen LogP contribution in [-0.2, 0) is 25.8 Å². The van der Waals surface area contributed by atoms with Crippen LogP contribution < -0.4 is 5.32 Å². The van der Waals surface area contributed by atoms with E-state index in [1.54, 1.807) is 0 Å². The van der Waals surface area contributed by atoms with Crippen LogP contribution in [0.25, 0.3) is 0 Å². The largest absolute Gasteiger partial charge is 0.357 e. The molecule has 7 heteroatoms. The van der Waals surface area contributed by atoms with Gasteiger partial charge in [0.25, 0.3) is 0 Å². The first-order chi connectivity index (χ1) is 14.8. The molecule has 1 unspecified atom stereocenters. The molecule has 1 atom stereocenters. The average Bonchev–Trinajstić information content (AvgIpc) is 3.31. The second-order valence-corrected chi connectivity index (χ2v) is 8.62. The van der Waals surface area contributed by atoms with Gasteiger partial charge in [-0.3, -0.25) is 4.99 Å². The number of benzene rings is 1. The van der Waals surface area contributed by atoms with E-state index in [-0.39, 0.29) is 24.0 Å². The summed E-state index contributed by atoms with van der Waals surface area (Å²) in [6, 6.07) is 10.9. The van der Waals surface area contributed by atoms with E-state index in [0.717, 1.165) is 70.2 Å². The van der Waals surface area contributed by atoms with Crippen molar-refractivity contribution in [1.29, 1.82) is 0 Å². The summed E-state index contributed by atoms with van der Waals surface area (Å²) in [7, 11) is 0. The van der Waals surface area contributed by atoms with Crippen LogP contribution >= 0.6 is 24.0 Å². The Labute approximate surface area is 203 Å². The second kappa shape index (κ2) is 12.4. The van der Waals surface area contributed by atoms with Gasteiger partial charge in [0, 0.05) is 45.6 Å². The van der Waals surface area contributed by atoms with Gasteiger partial charge in [0.1, 0.15) is 11.6 Å². The summed E-state index contributed by atoms with van der Waals surface area (Å²) < 4.78 is 2.36. The fourth-order valence-corrected chi connectivity index (χ4v) is 4.72. The van der Waals surface area contributed by atoms with Crippen LogP contribution in [0, 0.1) is 5.92 Å². The van der Waals surface area contributed by atoms with Crippen LogP contribution in [0.2, 0.25) is 0 Å². The molecule has 6 nitrogen and oxygen atoms in total. The molecule has 0 radical (unpaired) electrons. The number of hydrogen-bond acceptors (Lipinski definition) is 3. The minimum atomic E-state index is 0. The van der Waals surface area contributed by atoms with E-state index >= 15 is 0 Å². The van der Waals surface area contributed by atoms with Gasteiger partial charge >= 0.3 is 0 Å². The first-order valence-corrected chi connectivity index (χ1v) is 11.8. The monoisotopic (exact) mass is 536 g/mol. The van der Waals surface area contributed by atoms with Gasteiger partial charge in [0.15, 0.2) is 5.96 Å². The molecule has 1 fully saturated rings. The third-order valence-corrected chi connectivity index (χ3v) is 6.29. The first kappa shape index (κ1) is 24.0. The quantitative estimate of drug-likeness (QED) is 0.251. The predicted octanol–water partition coefficient (Wildman–Crippen LogP) is 4.09. The second-order valence-electron chi connectivity index (χ2n) is 8.62. The van der Waals surface area contributed by atoms with Crippen LogP contribution in [0.3, 0.4) is 0 Å². The third kappa shape index (κ3) is 6.67. The summed E-state index contributed by atoms with van der Waals surface area (Å²) in [5, 5.41) is 12.4. The minimum absolute atomic E-state index is 0. The van der Waals surface area contributed by atoms with Crippen molar-refractivity contribution in [2.45, 2.75) is 64.8 Å². The highest BCUT2D eigenvalue weighted by Crippen LogP contribution is 2.21. The lowest BCUT2D eigenvalue weighted by Crippen LogP contribution is -2.40. The molecule has 4 rings (SSSR count). The van der Waals surface area contributed by atoms with Crippen molar-refractivity contribution in [2.24, 2.45) is 10.9 Å². The van der Waals surface area contributed by atoms with Crippen LogP contribution in [0.15, 0.2) is 35.3 Å². The maximum Gasteiger partial charge on any atom is 0.193 e. The Hall–Kier alpha value is -1.64. The van der Waals surface area contributed by atoms with Gasteiger partial charge in [-0.1, -0.05) is 36.8 Å². The number of nitrogens with one attached hydrogen (secondary N) is 1. The minimum Gasteiger partial charge on any atom is -0.357 e. The van der Waals surface area contributed by atoms with Crippen molar-refractivity contribution in [1.82, 2.24) is 25.0 Å². The normalized spacial score (nSPS) is 18.9. The number of aryl methyl sites for hydroxylation is 2. The number of halogens is 1. The molecular formula is C24H37IN6. The van der Waals surface area contributed by atoms with Gasteiger partial charge < -0.3 is 14.8 Å². The Kier molecular flexibility index (Phi) is 9.61. The highest BCUT2D eigenvalue weighted by atomic mass is 127. The molecule has 3 heterocycles. The Morgan fingerprint density at radius 3 is 2.84 bits per heavy atom. The lowest BCUT2D eigenvalue weighted by Gasteiger charge is -2.21. The summed E-state index contributed by atoms with van der Waals surface area (Å²) in [5.41, 5.74) is 1.44. The zero-order valence-corrected chi connectivity index (χ0v) is 21.1. The fourth-order valence-electron chi connectivity index (χ4n) is 4.72. The summed E-state index contributed by atoms with van der Waals surface area (Å²) in [6.45, 7) is 7.18. The lowest BCUT2D eigenvalue weighted by molar-refractivity contribution is 0.459. The highest BCUT2D eigenvalue weighted by molar-refractivity contribution is 14.0. The molecule has 31 heavy (non-hydrogen) atoms. The lowest BCUT2D eigenvalue weighted by atomic mass is 9.99. The van der Waals surface area contributed by atoms with E-state index in [1.807, 2.05) is 0 Å². The number of likely N-dealkylation sites (tertiary alicyclic amines) is 1. The standard InChI is InChI=1S/C24H36N6.HI/c1-2-25-24(29-17-14-21(19-29)18-20-10-5-3-6-11-20)26-15-9-13-23-28-27-22-12-7-4-8-16-30(22)23;/h3,5-6,10-11,21H,2,4,7-9,12-19H2,1H3,(H,25,26);1H. The number of hydrogen-bond donors (Lipinski definition) is 1. The Morgan fingerprint density at radius 1 is 1.13 bits per heavy atom. The van der Waals surface area contributed by atoms with Gasteiger partial charge in [-0.05, 0) is 50.5 Å².